The maximum absolute atomic E-state index is 13.1. The molecule has 1 heterocycles. The first kappa shape index (κ1) is 21.7. The van der Waals surface area contributed by atoms with Crippen LogP contribution in [0.25, 0.3) is 0 Å². The lowest BCUT2D eigenvalue weighted by molar-refractivity contribution is 0.102. The number of piperidine rings is 1. The second-order valence-corrected chi connectivity index (χ2v) is 10.6. The maximum atomic E-state index is 13.1. The highest BCUT2D eigenvalue weighted by atomic mass is 32.2. The third-order valence-electron chi connectivity index (χ3n) is 5.25. The summed E-state index contributed by atoms with van der Waals surface area (Å²) in [6.45, 7) is 4.17. The molecule has 0 unspecified atom stereocenters. The summed E-state index contributed by atoms with van der Waals surface area (Å²) in [6, 6.07) is 11.5. The van der Waals surface area contributed by atoms with Crippen LogP contribution in [-0.4, -0.2) is 41.7 Å². The van der Waals surface area contributed by atoms with Crippen molar-refractivity contribution in [3.05, 3.63) is 53.6 Å². The van der Waals surface area contributed by atoms with E-state index in [0.717, 1.165) is 19.3 Å². The summed E-state index contributed by atoms with van der Waals surface area (Å²) in [4.78, 5) is 13.5. The van der Waals surface area contributed by atoms with Gasteiger partial charge in [0.2, 0.25) is 10.0 Å². The van der Waals surface area contributed by atoms with Gasteiger partial charge in [-0.25, -0.2) is 8.42 Å². The van der Waals surface area contributed by atoms with Crippen molar-refractivity contribution >= 4 is 32.4 Å². The molecule has 1 fully saturated rings. The molecule has 0 spiro atoms. The second kappa shape index (κ2) is 8.77. The first-order valence-electron chi connectivity index (χ1n) is 9.58. The van der Waals surface area contributed by atoms with E-state index >= 15 is 0 Å². The molecule has 0 aromatic heterocycles. The van der Waals surface area contributed by atoms with E-state index in [9.17, 15) is 17.4 Å². The van der Waals surface area contributed by atoms with E-state index in [-0.39, 0.29) is 16.5 Å². The van der Waals surface area contributed by atoms with Crippen LogP contribution in [0.1, 0.15) is 42.1 Å². The third kappa shape index (κ3) is 4.60. The number of carbonyl (C=O) groups is 1. The molecule has 1 N–H and O–H groups in total. The van der Waals surface area contributed by atoms with Crippen molar-refractivity contribution in [1.82, 2.24) is 4.31 Å². The normalized spacial score (nSPS) is 18.9. The van der Waals surface area contributed by atoms with Gasteiger partial charge >= 0.3 is 0 Å². The van der Waals surface area contributed by atoms with Crippen LogP contribution < -0.4 is 5.32 Å². The van der Waals surface area contributed by atoms with E-state index in [4.69, 9.17) is 0 Å². The van der Waals surface area contributed by atoms with Crippen LogP contribution in [0.3, 0.4) is 0 Å². The van der Waals surface area contributed by atoms with Crippen LogP contribution in [0.15, 0.2) is 52.3 Å². The minimum Gasteiger partial charge on any atom is -0.321 e. The summed E-state index contributed by atoms with van der Waals surface area (Å²) in [5.41, 5.74) is 1.41. The summed E-state index contributed by atoms with van der Waals surface area (Å²) in [7, 11) is -4.94. The lowest BCUT2D eigenvalue weighted by Crippen LogP contribution is -2.42. The average molecular weight is 435 g/mol. The lowest BCUT2D eigenvalue weighted by Gasteiger charge is -2.32. The highest BCUT2D eigenvalue weighted by molar-refractivity contribution is 7.89. The summed E-state index contributed by atoms with van der Waals surface area (Å²) in [5, 5.41) is 2.78. The molecule has 2 atom stereocenters. The molecular formula is C21H26N2O4S2. The van der Waals surface area contributed by atoms with Crippen LogP contribution in [0.5, 0.6) is 0 Å². The van der Waals surface area contributed by atoms with Gasteiger partial charge in [-0.05, 0) is 56.5 Å². The highest BCUT2D eigenvalue weighted by Crippen LogP contribution is 2.27. The number of rotatable bonds is 5. The van der Waals surface area contributed by atoms with Gasteiger partial charge in [-0.1, -0.05) is 24.6 Å². The molecule has 1 aliphatic heterocycles. The van der Waals surface area contributed by atoms with Crippen molar-refractivity contribution in [2.45, 2.75) is 48.9 Å². The fraction of sp³-hybridized carbons (Fsp3) is 0.381. The molecule has 0 radical (unpaired) electrons. The largest absolute Gasteiger partial charge is 0.321 e. The molecular weight excluding hydrogens is 408 g/mol. The van der Waals surface area contributed by atoms with Crippen LogP contribution in [-0.2, 0) is 20.8 Å². The molecule has 0 bridgehead atoms. The standard InChI is InChI=1S/C21H26N2O4S2/c1-15-11-12-17(29(26,27)23-13-7-6-8-16(23)2)14-18(15)21(24)22-19-9-4-5-10-20(19)28(3)25/h4-5,9-12,14,16H,6-8,13H2,1-3H3,(H,22,24)/t16-,28+/m0/s1. The summed E-state index contributed by atoms with van der Waals surface area (Å²) in [6.07, 6.45) is 4.24. The molecule has 3 rings (SSSR count). The first-order valence-corrected chi connectivity index (χ1v) is 12.6. The Morgan fingerprint density at radius 3 is 2.59 bits per heavy atom. The fourth-order valence-corrected chi connectivity index (χ4v) is 6.01. The van der Waals surface area contributed by atoms with Gasteiger partial charge in [0.05, 0.1) is 26.3 Å². The average Bonchev–Trinajstić information content (AvgIpc) is 2.68. The van der Waals surface area contributed by atoms with Crippen LogP contribution >= 0.6 is 0 Å². The zero-order valence-electron chi connectivity index (χ0n) is 16.8. The van der Waals surface area contributed by atoms with Gasteiger partial charge < -0.3 is 5.32 Å². The minimum absolute atomic E-state index is 0.0567. The van der Waals surface area contributed by atoms with Crippen molar-refractivity contribution in [1.29, 1.82) is 0 Å². The Labute approximate surface area is 174 Å². The van der Waals surface area contributed by atoms with Gasteiger partial charge in [0.1, 0.15) is 0 Å². The van der Waals surface area contributed by atoms with Gasteiger partial charge in [-0.3, -0.25) is 9.00 Å². The predicted molar refractivity (Wildman–Crippen MR) is 115 cm³/mol. The SMILES string of the molecule is Cc1ccc(S(=O)(=O)N2CCCC[C@@H]2C)cc1C(=O)Nc1ccccc1[S@@](C)=O. The number of nitrogens with one attached hydrogen (secondary N) is 1. The Bertz CT molecular complexity index is 1050. The smallest absolute Gasteiger partial charge is 0.256 e. The monoisotopic (exact) mass is 434 g/mol. The van der Waals surface area contributed by atoms with Crippen LogP contribution in [0, 0.1) is 6.92 Å². The van der Waals surface area contributed by atoms with Crippen molar-refractivity contribution in [2.75, 3.05) is 18.1 Å². The van der Waals surface area contributed by atoms with Gasteiger partial charge in [0, 0.05) is 24.4 Å². The minimum atomic E-state index is -3.67. The number of nitrogens with zero attached hydrogens (tertiary/aromatic N) is 1. The fourth-order valence-electron chi connectivity index (χ4n) is 3.58. The Balaban J connectivity index is 1.93. The Morgan fingerprint density at radius 1 is 1.17 bits per heavy atom. The molecule has 156 valence electrons. The topological polar surface area (TPSA) is 83.6 Å². The van der Waals surface area contributed by atoms with Gasteiger partial charge in [-0.15, -0.1) is 0 Å². The third-order valence-corrected chi connectivity index (χ3v) is 8.23. The van der Waals surface area contributed by atoms with Crippen LogP contribution in [0.2, 0.25) is 0 Å². The van der Waals surface area contributed by atoms with Crippen molar-refractivity contribution in [2.24, 2.45) is 0 Å². The number of amides is 1. The number of hydrogen-bond acceptors (Lipinski definition) is 4. The van der Waals surface area contributed by atoms with E-state index in [0.29, 0.717) is 22.7 Å². The van der Waals surface area contributed by atoms with E-state index < -0.39 is 26.7 Å². The van der Waals surface area contributed by atoms with Crippen molar-refractivity contribution < 1.29 is 17.4 Å². The summed E-state index contributed by atoms with van der Waals surface area (Å²) in [5.74, 6) is -0.427. The van der Waals surface area contributed by atoms with E-state index in [1.807, 2.05) is 6.92 Å². The Hall–Kier alpha value is -2.03. The first-order chi connectivity index (χ1) is 13.7. The molecule has 0 saturated carbocycles. The van der Waals surface area contributed by atoms with Gasteiger partial charge in [0.15, 0.2) is 0 Å². The van der Waals surface area contributed by atoms with Crippen molar-refractivity contribution in [3.63, 3.8) is 0 Å². The molecule has 8 heteroatoms. The van der Waals surface area contributed by atoms with Gasteiger partial charge in [-0.2, -0.15) is 4.31 Å². The van der Waals surface area contributed by atoms with Crippen LogP contribution in [0.4, 0.5) is 5.69 Å². The zero-order valence-corrected chi connectivity index (χ0v) is 18.5. The number of anilines is 1. The Kier molecular flexibility index (Phi) is 6.55. The number of carbonyl (C=O) groups excluding carboxylic acids is 1. The number of aryl methyl sites for hydroxylation is 1. The van der Waals surface area contributed by atoms with E-state index in [2.05, 4.69) is 5.32 Å². The number of para-hydroxylation sites is 1. The zero-order chi connectivity index (χ0) is 21.2. The number of benzene rings is 2. The summed E-state index contributed by atoms with van der Waals surface area (Å²) >= 11 is 0. The second-order valence-electron chi connectivity index (χ2n) is 7.34. The molecule has 2 aromatic carbocycles. The number of sulfonamides is 1. The molecule has 1 aliphatic rings. The van der Waals surface area contributed by atoms with E-state index in [1.165, 1.54) is 10.4 Å². The molecule has 1 saturated heterocycles. The van der Waals surface area contributed by atoms with Crippen molar-refractivity contribution in [3.8, 4) is 0 Å². The molecule has 29 heavy (non-hydrogen) atoms. The predicted octanol–water partition coefficient (Wildman–Crippen LogP) is 3.55. The molecule has 1 amide bonds. The molecule has 0 aliphatic carbocycles. The highest BCUT2D eigenvalue weighted by Gasteiger charge is 2.31. The summed E-state index contributed by atoms with van der Waals surface area (Å²) < 4.78 is 39.7. The number of hydrogen-bond donors (Lipinski definition) is 1. The maximum Gasteiger partial charge on any atom is 0.256 e. The lowest BCUT2D eigenvalue weighted by atomic mass is 10.1. The van der Waals surface area contributed by atoms with E-state index in [1.54, 1.807) is 49.6 Å². The molecule has 6 nitrogen and oxygen atoms in total. The Morgan fingerprint density at radius 2 is 1.90 bits per heavy atom. The van der Waals surface area contributed by atoms with Gasteiger partial charge in [0.25, 0.3) is 5.91 Å². The molecule has 2 aromatic rings. The quantitative estimate of drug-likeness (QED) is 0.780.